The number of aryl methyl sites for hydroxylation is 1. The predicted molar refractivity (Wildman–Crippen MR) is 346 cm³/mol. The summed E-state index contributed by atoms with van der Waals surface area (Å²) >= 11 is 0. The Morgan fingerprint density at radius 2 is 1.55 bits per heavy atom. The van der Waals surface area contributed by atoms with E-state index in [-0.39, 0.29) is 121 Å². The third-order valence-corrected chi connectivity index (χ3v) is 17.2. The number of morpholine rings is 1. The fourth-order valence-corrected chi connectivity index (χ4v) is 11.9. The number of benzene rings is 3. The Balaban J connectivity index is 0.709. The Bertz CT molecular complexity index is 3800. The van der Waals surface area contributed by atoms with E-state index in [1.54, 1.807) is 70.2 Å². The SMILES string of the molecule is CC[C@]1(O)C(=O)OCc2c1cc1n(c2=O)Cc2c-1nc1cc(F)c(C)c3c1c2[C@H](NC(=O)[C@H]1CN(C(=O)OCc2ccc(NC(=O)[C@H](CCCNC(N)=O)NC(=O)[C@@H](NC(=O)CCOCCOCCOCCOCCNC(=O)c4ccc(N)c(N)c4)C(C)C)cc2)CCO1)CC3. The van der Waals surface area contributed by atoms with E-state index in [0.717, 1.165) is 5.56 Å². The topological polar surface area (TPSA) is 410 Å². The van der Waals surface area contributed by atoms with Crippen molar-refractivity contribution < 1.29 is 81.0 Å². The molecule has 3 aliphatic heterocycles. The minimum absolute atomic E-state index is 0.0158. The molecule has 516 valence electrons. The second-order valence-corrected chi connectivity index (χ2v) is 24.0. The molecule has 5 atom stereocenters. The van der Waals surface area contributed by atoms with Gasteiger partial charge in [0.05, 0.1) is 112 Å². The number of cyclic esters (lactones) is 1. The molecular weight excluding hydrogens is 1250 g/mol. The van der Waals surface area contributed by atoms with Crippen molar-refractivity contribution in [3.8, 4) is 11.4 Å². The summed E-state index contributed by atoms with van der Waals surface area (Å²) in [5.74, 6) is -4.19. The number of ether oxygens (including phenoxy) is 7. The van der Waals surface area contributed by atoms with Gasteiger partial charge in [-0.3, -0.25) is 28.8 Å². The van der Waals surface area contributed by atoms with Crippen molar-refractivity contribution in [3.63, 3.8) is 0 Å². The number of hydrogen-bond donors (Lipinski definition) is 10. The Labute approximate surface area is 552 Å². The molecule has 5 heterocycles. The van der Waals surface area contributed by atoms with Gasteiger partial charge in [0, 0.05) is 59.9 Å². The van der Waals surface area contributed by atoms with Gasteiger partial charge < -0.3 is 96.8 Å². The summed E-state index contributed by atoms with van der Waals surface area (Å²) < 4.78 is 56.0. The average molecular weight is 1340 g/mol. The molecule has 29 nitrogen and oxygen atoms in total. The number of urea groups is 1. The van der Waals surface area contributed by atoms with Crippen LogP contribution >= 0.6 is 0 Å². The number of aliphatic hydroxyl groups is 1. The molecule has 3 aromatic carbocycles. The van der Waals surface area contributed by atoms with Crippen LogP contribution in [0.15, 0.2) is 59.4 Å². The second kappa shape index (κ2) is 32.4. The lowest BCUT2D eigenvalue weighted by Gasteiger charge is -2.34. The van der Waals surface area contributed by atoms with Crippen LogP contribution in [0.3, 0.4) is 0 Å². The fourth-order valence-electron chi connectivity index (χ4n) is 11.9. The summed E-state index contributed by atoms with van der Waals surface area (Å²) in [6.45, 7) is 8.75. The highest BCUT2D eigenvalue weighted by atomic mass is 19.1. The van der Waals surface area contributed by atoms with Crippen LogP contribution in [0.2, 0.25) is 0 Å². The Hall–Kier alpha value is -9.33. The van der Waals surface area contributed by atoms with E-state index < -0.39 is 82.9 Å². The summed E-state index contributed by atoms with van der Waals surface area (Å²) in [5.41, 5.74) is 19.9. The molecule has 1 fully saturated rings. The second-order valence-electron chi connectivity index (χ2n) is 24.0. The highest BCUT2D eigenvalue weighted by Crippen LogP contribution is 2.46. The van der Waals surface area contributed by atoms with Gasteiger partial charge in [0.1, 0.15) is 31.1 Å². The van der Waals surface area contributed by atoms with Gasteiger partial charge in [-0.05, 0) is 104 Å². The summed E-state index contributed by atoms with van der Waals surface area (Å²) in [6, 6.07) is 10.4. The summed E-state index contributed by atoms with van der Waals surface area (Å²) in [6.07, 6.45) is -0.845. The van der Waals surface area contributed by atoms with Crippen LogP contribution in [0.4, 0.5) is 31.0 Å². The van der Waals surface area contributed by atoms with Gasteiger partial charge in [0.15, 0.2) is 11.7 Å². The van der Waals surface area contributed by atoms with Crippen LogP contribution in [-0.4, -0.2) is 171 Å². The van der Waals surface area contributed by atoms with E-state index in [2.05, 4.69) is 31.9 Å². The third-order valence-electron chi connectivity index (χ3n) is 17.2. The highest BCUT2D eigenvalue weighted by Gasteiger charge is 2.46. The maximum Gasteiger partial charge on any atom is 0.410 e. The minimum Gasteiger partial charge on any atom is -0.458 e. The highest BCUT2D eigenvalue weighted by molar-refractivity contribution is 5.99. The van der Waals surface area contributed by atoms with Crippen molar-refractivity contribution in [2.45, 2.75) is 116 Å². The fraction of sp³-hybridized carbons (Fsp3) is 0.485. The van der Waals surface area contributed by atoms with Crippen molar-refractivity contribution in [1.82, 2.24) is 41.0 Å². The molecule has 1 saturated heterocycles. The van der Waals surface area contributed by atoms with Crippen LogP contribution in [0, 0.1) is 18.7 Å². The molecule has 4 aliphatic rings. The first kappa shape index (κ1) is 71.0. The Morgan fingerprint density at radius 1 is 0.844 bits per heavy atom. The van der Waals surface area contributed by atoms with Gasteiger partial charge in [-0.25, -0.2) is 23.8 Å². The summed E-state index contributed by atoms with van der Waals surface area (Å²) in [5, 5.41) is 28.7. The number of aromatic nitrogens is 2. The molecule has 96 heavy (non-hydrogen) atoms. The van der Waals surface area contributed by atoms with Crippen LogP contribution in [0.25, 0.3) is 22.3 Å². The lowest BCUT2D eigenvalue weighted by atomic mass is 9.81. The number of nitrogens with one attached hydrogen (secondary N) is 6. The van der Waals surface area contributed by atoms with Crippen molar-refractivity contribution in [2.24, 2.45) is 11.7 Å². The number of esters is 1. The zero-order valence-electron chi connectivity index (χ0n) is 54.1. The lowest BCUT2D eigenvalue weighted by Crippen LogP contribution is -2.54. The molecule has 0 saturated carbocycles. The van der Waals surface area contributed by atoms with Crippen molar-refractivity contribution in [3.05, 3.63) is 115 Å². The lowest BCUT2D eigenvalue weighted by molar-refractivity contribution is -0.172. The van der Waals surface area contributed by atoms with E-state index in [9.17, 15) is 48.3 Å². The number of primary amides is 1. The van der Waals surface area contributed by atoms with E-state index in [1.165, 1.54) is 21.6 Å². The molecule has 9 rings (SSSR count). The van der Waals surface area contributed by atoms with Crippen LogP contribution < -0.4 is 54.7 Å². The smallest absolute Gasteiger partial charge is 0.410 e. The van der Waals surface area contributed by atoms with Crippen LogP contribution in [0.1, 0.15) is 108 Å². The van der Waals surface area contributed by atoms with E-state index in [4.69, 9.17) is 55.3 Å². The molecule has 0 radical (unpaired) electrons. The van der Waals surface area contributed by atoms with Gasteiger partial charge in [0.2, 0.25) is 17.7 Å². The molecule has 1 aliphatic carbocycles. The number of fused-ring (bicyclic) bond motifs is 5. The number of pyridine rings is 2. The normalized spacial score (nSPS) is 17.5. The molecule has 30 heteroatoms. The third kappa shape index (κ3) is 17.0. The minimum atomic E-state index is -2.06. The molecular formula is C66H83FN12O17. The number of hydrogen-bond acceptors (Lipinski definition) is 20. The van der Waals surface area contributed by atoms with Gasteiger partial charge in [0.25, 0.3) is 17.4 Å². The van der Waals surface area contributed by atoms with Gasteiger partial charge in [-0.2, -0.15) is 0 Å². The molecule has 0 unspecified atom stereocenters. The zero-order chi connectivity index (χ0) is 68.8. The number of carbonyl (C=O) groups is 8. The van der Waals surface area contributed by atoms with Crippen LogP contribution in [-0.2, 0) is 88.9 Å². The molecule has 0 bridgehead atoms. The first-order chi connectivity index (χ1) is 46.1. The molecule has 5 aromatic rings. The number of amides is 8. The van der Waals surface area contributed by atoms with E-state index >= 15 is 4.39 Å². The molecule has 8 amide bonds. The number of anilines is 3. The number of rotatable bonds is 31. The number of nitrogens with zero attached hydrogens (tertiary/aromatic N) is 3. The Morgan fingerprint density at radius 3 is 2.24 bits per heavy atom. The van der Waals surface area contributed by atoms with Gasteiger partial charge in [-0.1, -0.05) is 32.9 Å². The first-order valence-corrected chi connectivity index (χ1v) is 32.0. The maximum absolute atomic E-state index is 15.6. The van der Waals surface area contributed by atoms with E-state index in [1.807, 2.05) is 0 Å². The number of halogens is 1. The Kier molecular flexibility index (Phi) is 24.0. The number of nitrogens with two attached hydrogens (primary N) is 3. The van der Waals surface area contributed by atoms with Crippen molar-refractivity contribution >= 4 is 75.6 Å². The monoisotopic (exact) mass is 1330 g/mol. The maximum atomic E-state index is 15.6. The molecule has 2 aromatic heterocycles. The zero-order valence-corrected chi connectivity index (χ0v) is 54.1. The van der Waals surface area contributed by atoms with Gasteiger partial charge >= 0.3 is 18.1 Å². The summed E-state index contributed by atoms with van der Waals surface area (Å²) in [7, 11) is 0. The van der Waals surface area contributed by atoms with Crippen LogP contribution in [0.5, 0.6) is 0 Å². The number of carbonyl (C=O) groups excluding carboxylic acids is 8. The van der Waals surface area contributed by atoms with Crippen molar-refractivity contribution in [1.29, 1.82) is 0 Å². The molecule has 0 spiro atoms. The largest absolute Gasteiger partial charge is 0.458 e. The number of nitrogen functional groups attached to an aromatic ring is 2. The van der Waals surface area contributed by atoms with Crippen molar-refractivity contribution in [2.75, 3.05) is 102 Å². The summed E-state index contributed by atoms with van der Waals surface area (Å²) in [4.78, 5) is 125. The molecule has 13 N–H and O–H groups in total. The first-order valence-electron chi connectivity index (χ1n) is 32.0. The van der Waals surface area contributed by atoms with E-state index in [0.29, 0.717) is 113 Å². The van der Waals surface area contributed by atoms with Gasteiger partial charge in [-0.15, -0.1) is 0 Å². The predicted octanol–water partition coefficient (Wildman–Crippen LogP) is 2.73. The standard InChI is InChI=1S/C66H83FN12O17/c1-5-66(89)44-30-51-57-42(32-79(51)62(85)43(44)35-95-63(66)86)55-48(15-13-41-37(4)45(67)31-50(74-57)54(41)55)75-60(83)52-33-78(19-22-94-52)65(88)96-34-38-8-11-40(12-9-38)73-59(82)49(7-6-17-72-64(70)87)76-61(84)56(36(2)3)77-53(80)16-20-90-23-25-92-27-28-93-26-24-91-21-18-71-58(81)39-10-14-46(68)47(69)29-39/h8-12,14,29-31,36,48-49,52,56,89H,5-7,13,15-28,32-35,68-69H2,1-4H3,(H,71,81)(H,73,82)(H,75,83)(H,76,84)(H,77,80)(H3,70,72,87)/t48-,49+,52-,56+,66-/m1/s1. The average Bonchev–Trinajstić information content (AvgIpc) is 1.46. The quantitative estimate of drug-likeness (QED) is 0.0170.